The molecule has 8 heteroatoms. The number of nitrogens with zero attached hydrogens (tertiary/aromatic N) is 2. The Kier molecular flexibility index (Phi) is 11.1. The first kappa shape index (κ1) is 24.9. The molecule has 0 spiro atoms. The minimum Gasteiger partial charge on any atom is -0.465 e. The average Bonchev–Trinajstić information content (AvgIpc) is 3.04. The highest BCUT2D eigenvalue weighted by molar-refractivity contribution is 9.09. The fraction of sp³-hybridized carbons (Fsp3) is 0.522. The van der Waals surface area contributed by atoms with Crippen LogP contribution in [0.25, 0.3) is 0 Å². The van der Waals surface area contributed by atoms with Crippen molar-refractivity contribution in [3.63, 3.8) is 0 Å². The fourth-order valence-corrected chi connectivity index (χ4v) is 3.42. The van der Waals surface area contributed by atoms with Gasteiger partial charge in [-0.05, 0) is 38.0 Å². The third-order valence-corrected chi connectivity index (χ3v) is 5.14. The minimum absolute atomic E-state index is 0.112. The normalized spacial score (nSPS) is 13.4. The Morgan fingerprint density at radius 2 is 1.97 bits per heavy atom. The second-order valence-electron chi connectivity index (χ2n) is 6.97. The van der Waals surface area contributed by atoms with Crippen molar-refractivity contribution in [1.29, 1.82) is 0 Å². The van der Waals surface area contributed by atoms with Crippen molar-refractivity contribution in [2.24, 2.45) is 0 Å². The molecule has 0 aliphatic carbocycles. The number of hydrogen-bond acceptors (Lipinski definition) is 5. The third kappa shape index (κ3) is 8.35. The Morgan fingerprint density at radius 1 is 1.16 bits per heavy atom. The van der Waals surface area contributed by atoms with E-state index in [1.165, 1.54) is 24.2 Å². The number of carbonyl (C=O) groups excluding carboxylic acids is 3. The summed E-state index contributed by atoms with van der Waals surface area (Å²) in [5.41, 5.74) is 1.31. The maximum atomic E-state index is 12.6. The predicted molar refractivity (Wildman–Crippen MR) is 122 cm³/mol. The summed E-state index contributed by atoms with van der Waals surface area (Å²) >= 11 is 3.43. The number of unbranched alkanes of at least 4 members (excludes halogenated alkanes) is 3. The van der Waals surface area contributed by atoms with E-state index in [1.54, 1.807) is 25.1 Å². The lowest BCUT2D eigenvalue weighted by Crippen LogP contribution is -2.37. The lowest BCUT2D eigenvalue weighted by atomic mass is 10.2. The van der Waals surface area contributed by atoms with E-state index in [1.807, 2.05) is 6.07 Å². The molecule has 31 heavy (non-hydrogen) atoms. The molecule has 0 radical (unpaired) electrons. The highest BCUT2D eigenvalue weighted by atomic mass is 79.9. The van der Waals surface area contributed by atoms with Crippen LogP contribution in [0.4, 0.5) is 10.5 Å². The molecule has 168 valence electrons. The molecule has 1 fully saturated rings. The Hall–Kier alpha value is -2.37. The monoisotopic (exact) mass is 492 g/mol. The van der Waals surface area contributed by atoms with Crippen molar-refractivity contribution in [3.05, 3.63) is 29.8 Å². The highest BCUT2D eigenvalue weighted by Gasteiger charge is 2.38. The molecule has 1 heterocycles. The number of benzene rings is 1. The van der Waals surface area contributed by atoms with Crippen molar-refractivity contribution in [3.8, 4) is 11.8 Å². The standard InChI is InChI=1S/C23H29BrN2O5/c1-2-31-22(28)18-26-21(27)17-25(23(26)29)20-12-9-11-19(16-20)10-5-8-15-30-14-7-4-3-6-13-24/h9,11-12,16H,2-4,6-8,13-15,17-18H2,1H3. The molecule has 0 aromatic heterocycles. The van der Waals surface area contributed by atoms with Gasteiger partial charge in [-0.2, -0.15) is 0 Å². The van der Waals surface area contributed by atoms with E-state index in [0.29, 0.717) is 18.7 Å². The number of amides is 3. The SMILES string of the molecule is CCOC(=O)CN1C(=O)CN(c2cccc(C#CCCOCCCCCCBr)c2)C1=O. The molecule has 1 aromatic carbocycles. The van der Waals surface area contributed by atoms with Crippen molar-refractivity contribution in [2.75, 3.05) is 43.1 Å². The number of anilines is 1. The van der Waals surface area contributed by atoms with Gasteiger partial charge in [-0.3, -0.25) is 19.4 Å². The topological polar surface area (TPSA) is 76.2 Å². The molecule has 0 N–H and O–H groups in total. The van der Waals surface area contributed by atoms with Gasteiger partial charge in [-0.25, -0.2) is 4.79 Å². The summed E-state index contributed by atoms with van der Waals surface area (Å²) in [5, 5.41) is 1.05. The van der Waals surface area contributed by atoms with Crippen molar-refractivity contribution in [2.45, 2.75) is 39.0 Å². The molecule has 0 atom stereocenters. The summed E-state index contributed by atoms with van der Waals surface area (Å²) in [5.74, 6) is 5.11. The number of alkyl halides is 1. The Bertz CT molecular complexity index is 818. The van der Waals surface area contributed by atoms with E-state index in [2.05, 4.69) is 27.8 Å². The van der Waals surface area contributed by atoms with Crippen LogP contribution < -0.4 is 4.90 Å². The van der Waals surface area contributed by atoms with Gasteiger partial charge in [0.15, 0.2) is 0 Å². The largest absolute Gasteiger partial charge is 0.465 e. The Morgan fingerprint density at radius 3 is 2.74 bits per heavy atom. The first-order valence-corrected chi connectivity index (χ1v) is 11.7. The molecule has 1 aromatic rings. The van der Waals surface area contributed by atoms with Crippen molar-refractivity contribution in [1.82, 2.24) is 4.90 Å². The molecule has 0 bridgehead atoms. The van der Waals surface area contributed by atoms with E-state index in [4.69, 9.17) is 9.47 Å². The van der Waals surface area contributed by atoms with Gasteiger partial charge in [0.25, 0.3) is 5.91 Å². The lowest BCUT2D eigenvalue weighted by molar-refractivity contribution is -0.146. The molecule has 2 rings (SSSR count). The molecular weight excluding hydrogens is 464 g/mol. The summed E-state index contributed by atoms with van der Waals surface area (Å²) in [6.45, 7) is 2.72. The van der Waals surface area contributed by atoms with E-state index in [-0.39, 0.29) is 19.7 Å². The van der Waals surface area contributed by atoms with E-state index >= 15 is 0 Å². The van der Waals surface area contributed by atoms with Crippen LogP contribution in [0.5, 0.6) is 0 Å². The van der Waals surface area contributed by atoms with Gasteiger partial charge in [0.1, 0.15) is 13.1 Å². The van der Waals surface area contributed by atoms with E-state index in [9.17, 15) is 14.4 Å². The number of ether oxygens (including phenoxy) is 2. The number of imide groups is 1. The molecule has 3 amide bonds. The number of rotatable bonds is 12. The van der Waals surface area contributed by atoms with E-state index < -0.39 is 17.9 Å². The van der Waals surface area contributed by atoms with Gasteiger partial charge in [-0.15, -0.1) is 0 Å². The molecule has 0 saturated carbocycles. The van der Waals surface area contributed by atoms with Crippen LogP contribution in [0.2, 0.25) is 0 Å². The van der Waals surface area contributed by atoms with Gasteiger partial charge in [-0.1, -0.05) is 46.7 Å². The van der Waals surface area contributed by atoms with Crippen molar-refractivity contribution < 1.29 is 23.9 Å². The van der Waals surface area contributed by atoms with Gasteiger partial charge in [0, 0.05) is 29.6 Å². The smallest absolute Gasteiger partial charge is 0.332 e. The van der Waals surface area contributed by atoms with E-state index in [0.717, 1.165) is 28.8 Å². The maximum absolute atomic E-state index is 12.6. The summed E-state index contributed by atoms with van der Waals surface area (Å²) in [4.78, 5) is 38.6. The van der Waals surface area contributed by atoms with Crippen LogP contribution in [-0.4, -0.2) is 61.0 Å². The fourth-order valence-electron chi connectivity index (χ4n) is 3.03. The van der Waals surface area contributed by atoms with Crippen molar-refractivity contribution >= 4 is 39.5 Å². The second kappa shape index (κ2) is 13.8. The zero-order chi connectivity index (χ0) is 22.5. The first-order chi connectivity index (χ1) is 15.1. The Balaban J connectivity index is 1.83. The zero-order valence-corrected chi connectivity index (χ0v) is 19.5. The lowest BCUT2D eigenvalue weighted by Gasteiger charge is -2.16. The average molecular weight is 493 g/mol. The van der Waals surface area contributed by atoms with Gasteiger partial charge in [0.05, 0.1) is 13.2 Å². The van der Waals surface area contributed by atoms with Crippen LogP contribution in [0.15, 0.2) is 24.3 Å². The first-order valence-electron chi connectivity index (χ1n) is 10.6. The molecule has 1 aliphatic rings. The molecule has 7 nitrogen and oxygen atoms in total. The molecule has 0 unspecified atom stereocenters. The maximum Gasteiger partial charge on any atom is 0.332 e. The van der Waals surface area contributed by atoms with Crippen LogP contribution in [0.1, 0.15) is 44.6 Å². The van der Waals surface area contributed by atoms with Crippen LogP contribution in [0, 0.1) is 11.8 Å². The van der Waals surface area contributed by atoms with Gasteiger partial charge < -0.3 is 9.47 Å². The third-order valence-electron chi connectivity index (χ3n) is 4.58. The van der Waals surface area contributed by atoms with Crippen LogP contribution in [0.3, 0.4) is 0 Å². The number of esters is 1. The summed E-state index contributed by atoms with van der Waals surface area (Å²) in [7, 11) is 0. The summed E-state index contributed by atoms with van der Waals surface area (Å²) in [6, 6.07) is 6.60. The summed E-state index contributed by atoms with van der Waals surface area (Å²) in [6.07, 6.45) is 5.29. The van der Waals surface area contributed by atoms with Gasteiger partial charge in [0.2, 0.25) is 0 Å². The zero-order valence-electron chi connectivity index (χ0n) is 17.9. The minimum atomic E-state index is -0.605. The van der Waals surface area contributed by atoms with Gasteiger partial charge >= 0.3 is 12.0 Å². The molecular formula is C23H29BrN2O5. The number of hydrogen-bond donors (Lipinski definition) is 0. The van der Waals surface area contributed by atoms with Crippen LogP contribution in [-0.2, 0) is 19.1 Å². The van der Waals surface area contributed by atoms with Crippen LogP contribution >= 0.6 is 15.9 Å². The number of halogens is 1. The quantitative estimate of drug-likeness (QED) is 0.146. The molecule has 1 saturated heterocycles. The summed E-state index contributed by atoms with van der Waals surface area (Å²) < 4.78 is 10.4. The number of urea groups is 1. The number of carbonyl (C=O) groups is 3. The Labute approximate surface area is 192 Å². The predicted octanol–water partition coefficient (Wildman–Crippen LogP) is 3.73. The highest BCUT2D eigenvalue weighted by Crippen LogP contribution is 2.22. The second-order valence-corrected chi connectivity index (χ2v) is 7.76. The molecule has 1 aliphatic heterocycles.